The van der Waals surface area contributed by atoms with Crippen molar-refractivity contribution in [2.75, 3.05) is 12.3 Å². The lowest BCUT2D eigenvalue weighted by molar-refractivity contribution is -0.121. The molecule has 2 heterocycles. The minimum Gasteiger partial charge on any atom is -0.355 e. The Labute approximate surface area is 151 Å². The number of nitrogens with zero attached hydrogens (tertiary/aromatic N) is 5. The number of thioether (sulfide) groups is 1. The number of aromatic nitrogens is 5. The van der Waals surface area contributed by atoms with Crippen molar-refractivity contribution in [2.24, 2.45) is 7.05 Å². The van der Waals surface area contributed by atoms with Crippen LogP contribution >= 0.6 is 11.8 Å². The Morgan fingerprint density at radius 2 is 2.08 bits per heavy atom. The molecule has 0 bridgehead atoms. The van der Waals surface area contributed by atoms with Gasteiger partial charge in [0.2, 0.25) is 5.91 Å². The number of nitrogens with one attached hydrogen (secondary N) is 1. The molecule has 1 amide bonds. The molecule has 0 radical (unpaired) electrons. The van der Waals surface area contributed by atoms with E-state index >= 15 is 0 Å². The first-order valence-electron chi connectivity index (χ1n) is 8.11. The molecule has 0 spiro atoms. The number of ketones is 1. The molecular formula is C16H24N6O2S. The van der Waals surface area contributed by atoms with E-state index in [1.54, 1.807) is 22.8 Å². The van der Waals surface area contributed by atoms with Crippen LogP contribution in [0.3, 0.4) is 0 Å². The number of hydrogen-bond donors (Lipinski definition) is 1. The highest BCUT2D eigenvalue weighted by Crippen LogP contribution is 2.20. The second kappa shape index (κ2) is 8.28. The summed E-state index contributed by atoms with van der Waals surface area (Å²) in [5, 5.41) is 15.9. The molecule has 0 aromatic carbocycles. The van der Waals surface area contributed by atoms with E-state index in [1.807, 2.05) is 32.4 Å². The van der Waals surface area contributed by atoms with Gasteiger partial charge in [0.05, 0.1) is 17.3 Å². The summed E-state index contributed by atoms with van der Waals surface area (Å²) in [6.45, 7) is 7.70. The first-order valence-corrected chi connectivity index (χ1v) is 9.10. The second-order valence-electron chi connectivity index (χ2n) is 6.02. The van der Waals surface area contributed by atoms with E-state index in [0.29, 0.717) is 24.2 Å². The van der Waals surface area contributed by atoms with Crippen LogP contribution in [0.25, 0.3) is 0 Å². The monoisotopic (exact) mass is 364 g/mol. The van der Waals surface area contributed by atoms with Gasteiger partial charge in [0.15, 0.2) is 10.9 Å². The highest BCUT2D eigenvalue weighted by atomic mass is 32.2. The molecule has 0 fully saturated rings. The van der Waals surface area contributed by atoms with Crippen LogP contribution in [0.15, 0.2) is 11.5 Å². The van der Waals surface area contributed by atoms with Gasteiger partial charge in [0, 0.05) is 31.5 Å². The van der Waals surface area contributed by atoms with E-state index in [1.165, 1.54) is 6.92 Å². The lowest BCUT2D eigenvalue weighted by Crippen LogP contribution is -2.28. The van der Waals surface area contributed by atoms with Gasteiger partial charge in [-0.3, -0.25) is 14.3 Å². The van der Waals surface area contributed by atoms with Crippen molar-refractivity contribution in [3.63, 3.8) is 0 Å². The summed E-state index contributed by atoms with van der Waals surface area (Å²) in [5.74, 6) is 0.683. The van der Waals surface area contributed by atoms with Crippen molar-refractivity contribution in [3.8, 4) is 0 Å². The molecule has 2 rings (SSSR count). The van der Waals surface area contributed by atoms with Gasteiger partial charge in [-0.2, -0.15) is 5.10 Å². The molecule has 8 nitrogen and oxygen atoms in total. The van der Waals surface area contributed by atoms with Crippen LogP contribution in [-0.2, 0) is 11.8 Å². The normalized spacial score (nSPS) is 12.2. The Morgan fingerprint density at radius 3 is 2.64 bits per heavy atom. The van der Waals surface area contributed by atoms with Crippen molar-refractivity contribution >= 4 is 23.5 Å². The average molecular weight is 364 g/mol. The standard InChI is InChI=1S/C16H24N6O2S/c1-10(22-12(3)15(13(4)23)11(2)20-22)8-14(24)17-6-7-25-16-19-18-9-21(16)5/h9-10H,6-8H2,1-5H3,(H,17,24)/t10-/m1/s1. The molecule has 0 aliphatic rings. The van der Waals surface area contributed by atoms with Gasteiger partial charge in [-0.15, -0.1) is 10.2 Å². The number of hydrogen-bond acceptors (Lipinski definition) is 6. The van der Waals surface area contributed by atoms with Crippen LogP contribution in [0.2, 0.25) is 0 Å². The van der Waals surface area contributed by atoms with Crippen LogP contribution in [0.1, 0.15) is 48.1 Å². The minimum absolute atomic E-state index is 0.00120. The smallest absolute Gasteiger partial charge is 0.222 e. The molecule has 25 heavy (non-hydrogen) atoms. The Balaban J connectivity index is 1.83. The Morgan fingerprint density at radius 1 is 1.36 bits per heavy atom. The zero-order valence-electron chi connectivity index (χ0n) is 15.2. The van der Waals surface area contributed by atoms with Crippen LogP contribution in [0.5, 0.6) is 0 Å². The largest absolute Gasteiger partial charge is 0.355 e. The summed E-state index contributed by atoms with van der Waals surface area (Å²) in [4.78, 5) is 23.8. The Kier molecular flexibility index (Phi) is 6.35. The van der Waals surface area contributed by atoms with E-state index in [-0.39, 0.29) is 17.7 Å². The SMILES string of the molecule is CC(=O)c1c(C)nn([C@H](C)CC(=O)NCCSc2nncn2C)c1C. The average Bonchev–Trinajstić information content (AvgIpc) is 3.06. The van der Waals surface area contributed by atoms with E-state index in [9.17, 15) is 9.59 Å². The topological polar surface area (TPSA) is 94.7 Å². The third-order valence-electron chi connectivity index (χ3n) is 3.90. The van der Waals surface area contributed by atoms with Crippen LogP contribution < -0.4 is 5.32 Å². The molecular weight excluding hydrogens is 340 g/mol. The molecule has 0 saturated carbocycles. The zero-order chi connectivity index (χ0) is 18.6. The summed E-state index contributed by atoms with van der Waals surface area (Å²) < 4.78 is 3.60. The van der Waals surface area contributed by atoms with E-state index in [4.69, 9.17) is 0 Å². The molecule has 0 unspecified atom stereocenters. The van der Waals surface area contributed by atoms with Gasteiger partial charge < -0.3 is 9.88 Å². The quantitative estimate of drug-likeness (QED) is 0.435. The summed E-state index contributed by atoms with van der Waals surface area (Å²) in [6, 6.07) is -0.113. The zero-order valence-corrected chi connectivity index (χ0v) is 16.1. The predicted octanol–water partition coefficient (Wildman–Crippen LogP) is 1.69. The molecule has 2 aromatic rings. The fraction of sp³-hybridized carbons (Fsp3) is 0.562. The molecule has 0 aliphatic carbocycles. The van der Waals surface area contributed by atoms with Crippen molar-refractivity contribution in [1.82, 2.24) is 29.9 Å². The summed E-state index contributed by atoms with van der Waals surface area (Å²) >= 11 is 1.54. The maximum Gasteiger partial charge on any atom is 0.222 e. The van der Waals surface area contributed by atoms with Gasteiger partial charge in [0.25, 0.3) is 0 Å². The minimum atomic E-state index is -0.113. The van der Waals surface area contributed by atoms with Crippen molar-refractivity contribution in [2.45, 2.75) is 45.3 Å². The fourth-order valence-corrected chi connectivity index (χ4v) is 3.51. The maximum atomic E-state index is 12.1. The summed E-state index contributed by atoms with van der Waals surface area (Å²) in [7, 11) is 1.88. The molecule has 1 N–H and O–H groups in total. The van der Waals surface area contributed by atoms with Crippen LogP contribution in [0.4, 0.5) is 0 Å². The highest BCUT2D eigenvalue weighted by molar-refractivity contribution is 7.99. The van der Waals surface area contributed by atoms with Crippen molar-refractivity contribution in [3.05, 3.63) is 23.3 Å². The van der Waals surface area contributed by atoms with Crippen molar-refractivity contribution in [1.29, 1.82) is 0 Å². The number of carbonyl (C=O) groups excluding carboxylic acids is 2. The summed E-state index contributed by atoms with van der Waals surface area (Å²) in [5.41, 5.74) is 2.16. The second-order valence-corrected chi connectivity index (χ2v) is 7.08. The number of aryl methyl sites for hydroxylation is 2. The summed E-state index contributed by atoms with van der Waals surface area (Å²) in [6.07, 6.45) is 1.96. The molecule has 0 aliphatic heterocycles. The van der Waals surface area contributed by atoms with Crippen LogP contribution in [0, 0.1) is 13.8 Å². The molecule has 136 valence electrons. The van der Waals surface area contributed by atoms with Crippen LogP contribution in [-0.4, -0.2) is 48.5 Å². The first-order chi connectivity index (χ1) is 11.8. The maximum absolute atomic E-state index is 12.1. The van der Waals surface area contributed by atoms with Gasteiger partial charge in [0.1, 0.15) is 6.33 Å². The lowest BCUT2D eigenvalue weighted by Gasteiger charge is -2.14. The molecule has 0 saturated heterocycles. The fourth-order valence-electron chi connectivity index (χ4n) is 2.76. The number of Topliss-reactive ketones (excluding diaryl/α,β-unsaturated/α-hetero) is 1. The third kappa shape index (κ3) is 4.68. The van der Waals surface area contributed by atoms with E-state index < -0.39 is 0 Å². The number of amides is 1. The van der Waals surface area contributed by atoms with Gasteiger partial charge in [-0.25, -0.2) is 0 Å². The Hall–Kier alpha value is -2.16. The molecule has 1 atom stereocenters. The van der Waals surface area contributed by atoms with Gasteiger partial charge in [-0.05, 0) is 27.7 Å². The number of carbonyl (C=O) groups is 2. The highest BCUT2D eigenvalue weighted by Gasteiger charge is 2.20. The van der Waals surface area contributed by atoms with Crippen molar-refractivity contribution < 1.29 is 9.59 Å². The Bertz CT molecular complexity index is 767. The van der Waals surface area contributed by atoms with Gasteiger partial charge in [-0.1, -0.05) is 11.8 Å². The first kappa shape index (κ1) is 19.2. The predicted molar refractivity (Wildman–Crippen MR) is 95.8 cm³/mol. The molecule has 9 heteroatoms. The molecule has 2 aromatic heterocycles. The third-order valence-corrected chi connectivity index (χ3v) is 4.94. The van der Waals surface area contributed by atoms with E-state index in [2.05, 4.69) is 20.6 Å². The number of rotatable bonds is 8. The van der Waals surface area contributed by atoms with Gasteiger partial charge >= 0.3 is 0 Å². The lowest BCUT2D eigenvalue weighted by atomic mass is 10.1. The van der Waals surface area contributed by atoms with E-state index in [0.717, 1.165) is 16.6 Å².